The Bertz CT molecular complexity index is 1080. The molecule has 10 nitrogen and oxygen atoms in total. The van der Waals surface area contributed by atoms with E-state index in [1.165, 1.54) is 6.42 Å². The van der Waals surface area contributed by atoms with Crippen LogP contribution in [0.3, 0.4) is 0 Å². The third-order valence-corrected chi connectivity index (χ3v) is 6.74. The molecule has 2 atom stereocenters. The highest BCUT2D eigenvalue weighted by molar-refractivity contribution is 5.97. The van der Waals surface area contributed by atoms with Crippen molar-refractivity contribution in [3.05, 3.63) is 35.7 Å². The number of hydrogen-bond donors (Lipinski definition) is 4. The van der Waals surface area contributed by atoms with Gasteiger partial charge in [-0.3, -0.25) is 4.79 Å². The Kier molecular flexibility index (Phi) is 7.91. The molecule has 2 aliphatic rings. The molecule has 2 fully saturated rings. The van der Waals surface area contributed by atoms with Crippen LogP contribution in [0.2, 0.25) is 0 Å². The van der Waals surface area contributed by atoms with Crippen LogP contribution < -0.4 is 21.7 Å². The number of hydrogen-bond acceptors (Lipinski definition) is 8. The second kappa shape index (κ2) is 11.1. The number of rotatable bonds is 8. The van der Waals surface area contributed by atoms with E-state index in [0.717, 1.165) is 44.2 Å². The zero-order valence-electron chi connectivity index (χ0n) is 21.3. The van der Waals surface area contributed by atoms with Gasteiger partial charge < -0.3 is 26.4 Å². The smallest absolute Gasteiger partial charge is 0.407 e. The summed E-state index contributed by atoms with van der Waals surface area (Å²) in [6.45, 7) is 6.16. The highest BCUT2D eigenvalue weighted by Crippen LogP contribution is 2.36. The van der Waals surface area contributed by atoms with Crippen LogP contribution in [0.15, 0.2) is 24.3 Å². The molecule has 0 radical (unpaired) electrons. The second-order valence-electron chi connectivity index (χ2n) is 10.7. The number of primary amides is 1. The molecule has 10 heteroatoms. The average Bonchev–Trinajstić information content (AvgIpc) is 2.76. The van der Waals surface area contributed by atoms with Crippen molar-refractivity contribution < 1.29 is 14.3 Å². The average molecular weight is 496 g/mol. The van der Waals surface area contributed by atoms with Crippen LogP contribution in [0.4, 0.5) is 22.1 Å². The molecule has 0 bridgehead atoms. The molecule has 0 aromatic carbocycles. The molecule has 2 aromatic heterocycles. The monoisotopic (exact) mass is 495 g/mol. The van der Waals surface area contributed by atoms with E-state index in [4.69, 9.17) is 15.5 Å². The zero-order valence-corrected chi connectivity index (χ0v) is 21.3. The maximum absolute atomic E-state index is 12.3. The summed E-state index contributed by atoms with van der Waals surface area (Å²) in [7, 11) is 0. The molecule has 36 heavy (non-hydrogen) atoms. The molecule has 2 aliphatic carbocycles. The van der Waals surface area contributed by atoms with E-state index >= 15 is 0 Å². The SMILES string of the molecule is CC(C)(C)OC(=O)N[C@H]1CCCC[C@H]1CNc1cc(Nc2cccc(C3CCC3)n2)c(C(N)=O)nn1. The summed E-state index contributed by atoms with van der Waals surface area (Å²) in [4.78, 5) is 29.0. The lowest BCUT2D eigenvalue weighted by Gasteiger charge is -2.33. The van der Waals surface area contributed by atoms with Crippen molar-refractivity contribution in [3.8, 4) is 0 Å². The van der Waals surface area contributed by atoms with Gasteiger partial charge in [-0.2, -0.15) is 0 Å². The third-order valence-electron chi connectivity index (χ3n) is 6.74. The van der Waals surface area contributed by atoms with Crippen LogP contribution in [0, 0.1) is 5.92 Å². The van der Waals surface area contributed by atoms with Gasteiger partial charge in [0, 0.05) is 30.3 Å². The number of amides is 2. The van der Waals surface area contributed by atoms with Gasteiger partial charge in [0.1, 0.15) is 11.4 Å². The predicted molar refractivity (Wildman–Crippen MR) is 138 cm³/mol. The lowest BCUT2D eigenvalue weighted by Crippen LogP contribution is -2.46. The van der Waals surface area contributed by atoms with Gasteiger partial charge >= 0.3 is 6.09 Å². The van der Waals surface area contributed by atoms with E-state index in [1.54, 1.807) is 6.07 Å². The molecule has 0 unspecified atom stereocenters. The number of aromatic nitrogens is 3. The fraction of sp³-hybridized carbons (Fsp3) is 0.577. The lowest BCUT2D eigenvalue weighted by molar-refractivity contribution is 0.0472. The molecular weight excluding hydrogens is 458 g/mol. The van der Waals surface area contributed by atoms with Gasteiger partial charge in [0.25, 0.3) is 5.91 Å². The molecule has 2 heterocycles. The van der Waals surface area contributed by atoms with Crippen molar-refractivity contribution in [2.75, 3.05) is 17.2 Å². The van der Waals surface area contributed by atoms with Crippen LogP contribution in [-0.2, 0) is 4.74 Å². The Balaban J connectivity index is 1.43. The first-order valence-electron chi connectivity index (χ1n) is 12.8. The van der Waals surface area contributed by atoms with Gasteiger partial charge in [-0.15, -0.1) is 10.2 Å². The Hall–Kier alpha value is -3.43. The maximum Gasteiger partial charge on any atom is 0.407 e. The van der Waals surface area contributed by atoms with E-state index in [9.17, 15) is 9.59 Å². The first kappa shape index (κ1) is 25.7. The normalized spacial score (nSPS) is 20.2. The van der Waals surface area contributed by atoms with E-state index in [2.05, 4.69) is 26.1 Å². The molecule has 5 N–H and O–H groups in total. The van der Waals surface area contributed by atoms with E-state index < -0.39 is 17.6 Å². The van der Waals surface area contributed by atoms with Gasteiger partial charge in [0.2, 0.25) is 0 Å². The molecule has 4 rings (SSSR count). The molecule has 194 valence electrons. The van der Waals surface area contributed by atoms with Gasteiger partial charge in [-0.1, -0.05) is 25.3 Å². The Morgan fingerprint density at radius 3 is 2.53 bits per heavy atom. The van der Waals surface area contributed by atoms with Crippen molar-refractivity contribution in [2.24, 2.45) is 11.7 Å². The number of nitrogens with two attached hydrogens (primary N) is 1. The second-order valence-corrected chi connectivity index (χ2v) is 10.7. The van der Waals surface area contributed by atoms with Crippen LogP contribution in [-0.4, -0.2) is 45.4 Å². The first-order valence-corrected chi connectivity index (χ1v) is 12.8. The standard InChI is InChI=1S/C26H37N7O3/c1-26(2,3)36-25(35)31-19-11-5-4-8-17(19)15-28-22-14-20(23(24(27)34)33-32-22)30-21-13-7-12-18(29-21)16-9-6-10-16/h7,12-14,16-17,19H,4-6,8-11,15H2,1-3H3,(H2,27,34)(H,31,35)(H2,28,29,30,32)/t17-,19-/m0/s1. The zero-order chi connectivity index (χ0) is 25.7. The molecule has 0 saturated heterocycles. The Morgan fingerprint density at radius 1 is 1.06 bits per heavy atom. The molecule has 0 spiro atoms. The van der Waals surface area contributed by atoms with Crippen LogP contribution in [0.1, 0.15) is 87.8 Å². The number of carbonyl (C=O) groups is 2. The summed E-state index contributed by atoms with van der Waals surface area (Å²) < 4.78 is 5.44. The van der Waals surface area contributed by atoms with Gasteiger partial charge in [0.05, 0.1) is 5.69 Å². The summed E-state index contributed by atoms with van der Waals surface area (Å²) in [5, 5.41) is 17.8. The van der Waals surface area contributed by atoms with E-state index in [0.29, 0.717) is 29.8 Å². The number of anilines is 3. The third kappa shape index (κ3) is 6.83. The topological polar surface area (TPSA) is 144 Å². The number of carbonyl (C=O) groups excluding carboxylic acids is 2. The van der Waals surface area contributed by atoms with Crippen LogP contribution in [0.5, 0.6) is 0 Å². The van der Waals surface area contributed by atoms with Crippen LogP contribution >= 0.6 is 0 Å². The van der Waals surface area contributed by atoms with E-state index in [-0.39, 0.29) is 17.7 Å². The number of ether oxygens (including phenoxy) is 1. The van der Waals surface area contributed by atoms with Crippen molar-refractivity contribution >= 4 is 29.3 Å². The van der Waals surface area contributed by atoms with E-state index in [1.807, 2.05) is 39.0 Å². The summed E-state index contributed by atoms with van der Waals surface area (Å²) in [6.07, 6.45) is 7.17. The van der Waals surface area contributed by atoms with Crippen molar-refractivity contribution in [2.45, 2.75) is 83.3 Å². The molecule has 2 saturated carbocycles. The van der Waals surface area contributed by atoms with Crippen molar-refractivity contribution in [3.63, 3.8) is 0 Å². The molecule has 0 aliphatic heterocycles. The minimum atomic E-state index is -0.666. The largest absolute Gasteiger partial charge is 0.444 e. The predicted octanol–water partition coefficient (Wildman–Crippen LogP) is 4.48. The highest BCUT2D eigenvalue weighted by atomic mass is 16.6. The number of nitrogens with zero attached hydrogens (tertiary/aromatic N) is 3. The summed E-state index contributed by atoms with van der Waals surface area (Å²) in [6, 6.07) is 7.59. The summed E-state index contributed by atoms with van der Waals surface area (Å²) in [5.74, 6) is 1.18. The lowest BCUT2D eigenvalue weighted by atomic mass is 9.83. The fourth-order valence-corrected chi connectivity index (χ4v) is 4.68. The van der Waals surface area contributed by atoms with Gasteiger partial charge in [-0.05, 0) is 64.5 Å². The molecular formula is C26H37N7O3. The first-order chi connectivity index (χ1) is 17.2. The van der Waals surface area contributed by atoms with Gasteiger partial charge in [-0.25, -0.2) is 9.78 Å². The summed E-state index contributed by atoms with van der Waals surface area (Å²) >= 11 is 0. The van der Waals surface area contributed by atoms with Crippen LogP contribution in [0.25, 0.3) is 0 Å². The Morgan fingerprint density at radius 2 is 1.83 bits per heavy atom. The summed E-state index contributed by atoms with van der Waals surface area (Å²) in [5.41, 5.74) is 6.56. The maximum atomic E-state index is 12.3. The minimum absolute atomic E-state index is 0.00925. The molecule has 2 amide bonds. The number of pyridine rings is 1. The van der Waals surface area contributed by atoms with Crippen molar-refractivity contribution in [1.82, 2.24) is 20.5 Å². The number of alkyl carbamates (subject to hydrolysis) is 1. The fourth-order valence-electron chi connectivity index (χ4n) is 4.68. The van der Waals surface area contributed by atoms with Gasteiger partial charge in [0.15, 0.2) is 11.5 Å². The Labute approximate surface area is 212 Å². The number of nitrogens with one attached hydrogen (secondary N) is 3. The highest BCUT2D eigenvalue weighted by Gasteiger charge is 2.28. The molecule has 2 aromatic rings. The van der Waals surface area contributed by atoms with Crippen molar-refractivity contribution in [1.29, 1.82) is 0 Å². The minimum Gasteiger partial charge on any atom is -0.444 e. The quantitative estimate of drug-likeness (QED) is 0.420.